The maximum atomic E-state index is 12.9. The molecule has 0 aliphatic heterocycles. The lowest BCUT2D eigenvalue weighted by molar-refractivity contribution is 0.00742. The van der Waals surface area contributed by atoms with E-state index in [1.165, 1.54) is 15.9 Å². The molecule has 0 atom stereocenters. The Balaban J connectivity index is 2.56. The summed E-state index contributed by atoms with van der Waals surface area (Å²) in [6, 6.07) is 3.89. The van der Waals surface area contributed by atoms with Crippen LogP contribution < -0.4 is 5.56 Å². The average Bonchev–Trinajstić information content (AvgIpc) is 2.77. The Morgan fingerprint density at radius 3 is 2.48 bits per heavy atom. The van der Waals surface area contributed by atoms with E-state index in [9.17, 15) is 9.59 Å². The first-order chi connectivity index (χ1) is 11.5. The van der Waals surface area contributed by atoms with E-state index < -0.39 is 11.6 Å². The molecule has 0 N–H and O–H groups in total. The van der Waals surface area contributed by atoms with Crippen LogP contribution in [0.3, 0.4) is 0 Å². The third kappa shape index (κ3) is 2.91. The van der Waals surface area contributed by atoms with Crippen molar-refractivity contribution in [3.8, 4) is 0 Å². The van der Waals surface area contributed by atoms with Crippen molar-refractivity contribution in [2.45, 2.75) is 40.2 Å². The summed E-state index contributed by atoms with van der Waals surface area (Å²) in [4.78, 5) is 25.8. The molecular weight excluding hydrogens is 356 g/mol. The van der Waals surface area contributed by atoms with Gasteiger partial charge in [-0.2, -0.15) is 0 Å². The molecule has 0 aromatic carbocycles. The fraction of sp³-hybridized carbons (Fsp3) is 0.389. The predicted molar refractivity (Wildman–Crippen MR) is 103 cm³/mol. The summed E-state index contributed by atoms with van der Waals surface area (Å²) in [6.07, 6.45) is 0. The van der Waals surface area contributed by atoms with Gasteiger partial charge in [-0.25, -0.2) is 4.79 Å². The minimum absolute atomic E-state index is 0.212. The lowest BCUT2D eigenvalue weighted by Gasteiger charge is -2.19. The van der Waals surface area contributed by atoms with Gasteiger partial charge in [0.05, 0.1) is 10.2 Å². The number of esters is 1. The highest BCUT2D eigenvalue weighted by Crippen LogP contribution is 2.31. The largest absolute Gasteiger partial charge is 0.456 e. The Kier molecular flexibility index (Phi) is 4.12. The second-order valence-electron chi connectivity index (χ2n) is 7.18. The summed E-state index contributed by atoms with van der Waals surface area (Å²) in [5, 5.41) is 0. The first-order valence-electron chi connectivity index (χ1n) is 7.90. The number of nitrogens with zero attached hydrogens (tertiary/aromatic N) is 2. The number of carbonyl (C=O) groups is 1. The van der Waals surface area contributed by atoms with Crippen LogP contribution in [0.15, 0.2) is 16.9 Å². The van der Waals surface area contributed by atoms with Gasteiger partial charge in [-0.15, -0.1) is 11.3 Å². The molecule has 0 saturated carbocycles. The Hall–Kier alpha value is -1.99. The lowest BCUT2D eigenvalue weighted by Crippen LogP contribution is -2.24. The monoisotopic (exact) mass is 376 g/mol. The summed E-state index contributed by atoms with van der Waals surface area (Å²) in [6.45, 7) is 9.35. The summed E-state index contributed by atoms with van der Waals surface area (Å²) >= 11 is 6.57. The van der Waals surface area contributed by atoms with Crippen molar-refractivity contribution in [1.29, 1.82) is 0 Å². The maximum Gasteiger partial charge on any atom is 0.342 e. The Bertz CT molecular complexity index is 1140. The fourth-order valence-electron chi connectivity index (χ4n) is 2.94. The fourth-order valence-corrected chi connectivity index (χ4v) is 4.23. The third-order valence-corrected chi connectivity index (χ3v) is 5.46. The van der Waals surface area contributed by atoms with E-state index in [0.29, 0.717) is 25.3 Å². The van der Waals surface area contributed by atoms with Gasteiger partial charge in [0.1, 0.15) is 16.7 Å². The highest BCUT2D eigenvalue weighted by Gasteiger charge is 2.27. The average molecular weight is 377 g/mol. The minimum Gasteiger partial charge on any atom is -0.456 e. The first-order valence-corrected chi connectivity index (χ1v) is 9.12. The molecule has 0 spiro atoms. The predicted octanol–water partition coefficient (Wildman–Crippen LogP) is 4.15. The molecule has 3 aromatic heterocycles. The van der Waals surface area contributed by atoms with E-state index in [-0.39, 0.29) is 5.56 Å². The molecule has 7 heteroatoms. The third-order valence-electron chi connectivity index (χ3n) is 3.89. The first kappa shape index (κ1) is 17.8. The van der Waals surface area contributed by atoms with Crippen LogP contribution in [-0.4, -0.2) is 20.5 Å². The van der Waals surface area contributed by atoms with Gasteiger partial charge in [0.2, 0.25) is 0 Å². The zero-order valence-corrected chi connectivity index (χ0v) is 16.7. The summed E-state index contributed by atoms with van der Waals surface area (Å²) in [5.41, 5.74) is 2.61. The van der Waals surface area contributed by atoms with Crippen LogP contribution in [0.1, 0.15) is 42.4 Å². The normalized spacial score (nSPS) is 12.1. The van der Waals surface area contributed by atoms with Crippen LogP contribution in [-0.2, 0) is 11.8 Å². The molecule has 3 aromatic rings. The van der Waals surface area contributed by atoms with Gasteiger partial charge < -0.3 is 9.14 Å². The van der Waals surface area contributed by atoms with Crippen molar-refractivity contribution in [2.75, 3.05) is 0 Å². The van der Waals surface area contributed by atoms with Crippen LogP contribution in [0.2, 0.25) is 0 Å². The van der Waals surface area contributed by atoms with Gasteiger partial charge in [0, 0.05) is 12.7 Å². The highest BCUT2D eigenvalue weighted by molar-refractivity contribution is 7.73. The van der Waals surface area contributed by atoms with Crippen LogP contribution in [0.5, 0.6) is 0 Å². The Labute approximate surface area is 154 Å². The molecule has 0 saturated heterocycles. The lowest BCUT2D eigenvalue weighted by atomic mass is 10.1. The van der Waals surface area contributed by atoms with E-state index in [1.807, 2.05) is 51.2 Å². The number of carbonyl (C=O) groups excluding carboxylic acids is 1. The van der Waals surface area contributed by atoms with Crippen molar-refractivity contribution in [1.82, 2.24) is 8.97 Å². The Morgan fingerprint density at radius 1 is 1.24 bits per heavy atom. The number of rotatable bonds is 1. The quantitative estimate of drug-likeness (QED) is 0.473. The molecule has 3 rings (SSSR count). The van der Waals surface area contributed by atoms with Crippen molar-refractivity contribution in [2.24, 2.45) is 7.05 Å². The number of hydrogen-bond acceptors (Lipinski definition) is 5. The topological polar surface area (TPSA) is 52.7 Å². The summed E-state index contributed by atoms with van der Waals surface area (Å²) < 4.78 is 9.87. The molecule has 0 unspecified atom stereocenters. The molecule has 25 heavy (non-hydrogen) atoms. The SMILES string of the molecule is Cc1cc(C)n2c(c1)c(C(=O)OC(C)(C)C)c1sc(=S)n(C)c(=O)c12. The molecule has 3 heterocycles. The molecule has 0 aliphatic carbocycles. The molecule has 5 nitrogen and oxygen atoms in total. The van der Waals surface area contributed by atoms with Gasteiger partial charge in [0.25, 0.3) is 5.56 Å². The number of ether oxygens (including phenoxy) is 1. The van der Waals surface area contributed by atoms with E-state index in [1.54, 1.807) is 7.05 Å². The van der Waals surface area contributed by atoms with Crippen LogP contribution in [0.4, 0.5) is 0 Å². The standard InChI is InChI=1S/C18H20N2O3S2/c1-9-7-10(2)20-11(8-9)12(16(22)23-18(3,4)5)14-13(20)15(21)19(6)17(24)25-14/h7-8H,1-6H3. The number of aromatic nitrogens is 2. The summed E-state index contributed by atoms with van der Waals surface area (Å²) in [5.74, 6) is -0.441. The number of fused-ring (bicyclic) bond motifs is 3. The number of hydrogen-bond donors (Lipinski definition) is 0. The second kappa shape index (κ2) is 5.78. The Morgan fingerprint density at radius 2 is 1.88 bits per heavy atom. The molecule has 0 bridgehead atoms. The van der Waals surface area contributed by atoms with Gasteiger partial charge in [0.15, 0.2) is 3.95 Å². The van der Waals surface area contributed by atoms with Crippen LogP contribution in [0.25, 0.3) is 15.7 Å². The molecule has 132 valence electrons. The van der Waals surface area contributed by atoms with Crippen molar-refractivity contribution in [3.05, 3.63) is 43.3 Å². The van der Waals surface area contributed by atoms with E-state index >= 15 is 0 Å². The van der Waals surface area contributed by atoms with Gasteiger partial charge in [-0.1, -0.05) is 0 Å². The van der Waals surface area contributed by atoms with Crippen molar-refractivity contribution in [3.63, 3.8) is 0 Å². The molecule has 0 amide bonds. The maximum absolute atomic E-state index is 12.9. The second-order valence-corrected chi connectivity index (χ2v) is 8.83. The minimum atomic E-state index is -0.627. The van der Waals surface area contributed by atoms with Crippen molar-refractivity contribution < 1.29 is 9.53 Å². The van der Waals surface area contributed by atoms with Gasteiger partial charge in [-0.3, -0.25) is 9.36 Å². The molecule has 0 fully saturated rings. The van der Waals surface area contributed by atoms with E-state index in [2.05, 4.69) is 0 Å². The van der Waals surface area contributed by atoms with Crippen LogP contribution in [0, 0.1) is 17.8 Å². The van der Waals surface area contributed by atoms with E-state index in [4.69, 9.17) is 17.0 Å². The van der Waals surface area contributed by atoms with Gasteiger partial charge in [-0.05, 0) is 64.5 Å². The number of aryl methyl sites for hydroxylation is 2. The smallest absolute Gasteiger partial charge is 0.342 e. The highest BCUT2D eigenvalue weighted by atomic mass is 32.1. The van der Waals surface area contributed by atoms with Gasteiger partial charge >= 0.3 is 5.97 Å². The zero-order valence-electron chi connectivity index (χ0n) is 15.1. The zero-order chi connectivity index (χ0) is 18.7. The molecule has 0 aliphatic rings. The molecular formula is C18H20N2O3S2. The van der Waals surface area contributed by atoms with E-state index in [0.717, 1.165) is 11.3 Å². The molecule has 0 radical (unpaired) electrons. The van der Waals surface area contributed by atoms with Crippen molar-refractivity contribution >= 4 is 45.3 Å². The summed E-state index contributed by atoms with van der Waals surface area (Å²) in [7, 11) is 1.65. The number of pyridine rings is 1. The van der Waals surface area contributed by atoms with Crippen LogP contribution >= 0.6 is 23.6 Å².